The highest BCUT2D eigenvalue weighted by molar-refractivity contribution is 6.01. The van der Waals surface area contributed by atoms with Crippen LogP contribution in [0, 0.1) is 5.41 Å². The van der Waals surface area contributed by atoms with Gasteiger partial charge in [-0.25, -0.2) is 4.98 Å². The molecule has 0 radical (unpaired) electrons. The number of fused-ring (bicyclic) bond motifs is 1. The number of amides is 2. The average Bonchev–Trinajstić information content (AvgIpc) is 2.85. The van der Waals surface area contributed by atoms with E-state index in [9.17, 15) is 27.9 Å². The predicted octanol–water partition coefficient (Wildman–Crippen LogP) is 4.29. The Morgan fingerprint density at radius 2 is 1.84 bits per heavy atom. The standard InChI is InChI=1S/C28H29F3N4O3/c1-26(2)16-35(15-17-3-5-19(6-4-17)28(29,30)31)12-11-27(26,38)23-9-8-21-22(33-23)13-18(14-32-21)20-7-10-24(36)34-25(20)37/h3-6,8-9,13-14,20,38H,7,10-12,15-16H2,1-2H3,(H,34,36,37). The summed E-state index contributed by atoms with van der Waals surface area (Å²) in [6.07, 6.45) is -1.68. The summed E-state index contributed by atoms with van der Waals surface area (Å²) in [7, 11) is 0. The molecule has 10 heteroatoms. The zero-order valence-electron chi connectivity index (χ0n) is 21.2. The maximum Gasteiger partial charge on any atom is 0.416 e. The number of carbonyl (C=O) groups is 2. The first-order chi connectivity index (χ1) is 17.9. The molecule has 4 heterocycles. The second-order valence-electron chi connectivity index (χ2n) is 10.9. The third kappa shape index (κ3) is 4.90. The van der Waals surface area contributed by atoms with Gasteiger partial charge in [0.05, 0.1) is 28.2 Å². The van der Waals surface area contributed by atoms with Gasteiger partial charge >= 0.3 is 6.18 Å². The fourth-order valence-corrected chi connectivity index (χ4v) is 5.55. The molecule has 2 aliphatic heterocycles. The van der Waals surface area contributed by atoms with Crippen LogP contribution in [0.3, 0.4) is 0 Å². The quantitative estimate of drug-likeness (QED) is 0.493. The molecule has 2 saturated heterocycles. The largest absolute Gasteiger partial charge is 0.416 e. The maximum atomic E-state index is 12.9. The van der Waals surface area contributed by atoms with E-state index in [0.717, 1.165) is 17.7 Å². The summed E-state index contributed by atoms with van der Waals surface area (Å²) in [5.41, 5.74) is 0.597. The molecule has 2 unspecified atom stereocenters. The summed E-state index contributed by atoms with van der Waals surface area (Å²) in [6, 6.07) is 10.5. The van der Waals surface area contributed by atoms with Crippen LogP contribution in [-0.2, 0) is 27.9 Å². The van der Waals surface area contributed by atoms with E-state index in [1.165, 1.54) is 12.1 Å². The number of pyridine rings is 2. The lowest BCUT2D eigenvalue weighted by molar-refractivity contribution is -0.138. The van der Waals surface area contributed by atoms with Gasteiger partial charge in [0.25, 0.3) is 0 Å². The van der Waals surface area contributed by atoms with Gasteiger partial charge in [-0.3, -0.25) is 24.8 Å². The Morgan fingerprint density at radius 1 is 1.11 bits per heavy atom. The van der Waals surface area contributed by atoms with Crippen LogP contribution in [-0.4, -0.2) is 44.9 Å². The van der Waals surface area contributed by atoms with Crippen molar-refractivity contribution in [2.75, 3.05) is 13.1 Å². The maximum absolute atomic E-state index is 12.9. The molecule has 3 aromatic rings. The first kappa shape index (κ1) is 26.2. The minimum atomic E-state index is -4.37. The summed E-state index contributed by atoms with van der Waals surface area (Å²) < 4.78 is 38.7. The fraction of sp³-hybridized carbons (Fsp3) is 0.429. The SMILES string of the molecule is CC1(C)CN(Cc2ccc(C(F)(F)F)cc2)CCC1(O)c1ccc2ncc(C3CCC(=O)NC3=O)cc2n1. The molecule has 0 spiro atoms. The van der Waals surface area contributed by atoms with Crippen LogP contribution in [0.5, 0.6) is 0 Å². The number of carbonyl (C=O) groups excluding carboxylic acids is 2. The number of nitrogens with zero attached hydrogens (tertiary/aromatic N) is 3. The van der Waals surface area contributed by atoms with Crippen molar-refractivity contribution in [3.63, 3.8) is 0 Å². The normalized spacial score (nSPS) is 24.4. The molecule has 1 aromatic carbocycles. The van der Waals surface area contributed by atoms with Gasteiger partial charge < -0.3 is 5.11 Å². The Kier molecular flexibility index (Phi) is 6.51. The number of halogens is 3. The molecule has 200 valence electrons. The van der Waals surface area contributed by atoms with Crippen LogP contribution < -0.4 is 5.32 Å². The average molecular weight is 527 g/mol. The van der Waals surface area contributed by atoms with Crippen molar-refractivity contribution < 1.29 is 27.9 Å². The highest BCUT2D eigenvalue weighted by Gasteiger charge is 2.49. The summed E-state index contributed by atoms with van der Waals surface area (Å²) >= 11 is 0. The number of nitrogens with one attached hydrogen (secondary N) is 1. The lowest BCUT2D eigenvalue weighted by atomic mass is 9.68. The second kappa shape index (κ2) is 9.43. The number of hydrogen-bond donors (Lipinski definition) is 2. The third-order valence-corrected chi connectivity index (χ3v) is 7.84. The van der Waals surface area contributed by atoms with E-state index in [-0.39, 0.29) is 18.2 Å². The Labute approximate surface area is 218 Å². The van der Waals surface area contributed by atoms with Crippen molar-refractivity contribution >= 4 is 22.8 Å². The molecule has 0 bridgehead atoms. The van der Waals surface area contributed by atoms with Gasteiger partial charge in [0.15, 0.2) is 0 Å². The molecule has 2 fully saturated rings. The lowest BCUT2D eigenvalue weighted by Crippen LogP contribution is -2.55. The van der Waals surface area contributed by atoms with E-state index in [1.54, 1.807) is 24.4 Å². The molecule has 7 nitrogen and oxygen atoms in total. The van der Waals surface area contributed by atoms with Crippen molar-refractivity contribution in [3.8, 4) is 0 Å². The summed E-state index contributed by atoms with van der Waals surface area (Å²) in [5.74, 6) is -1.11. The van der Waals surface area contributed by atoms with E-state index in [2.05, 4.69) is 15.2 Å². The van der Waals surface area contributed by atoms with Crippen molar-refractivity contribution in [1.29, 1.82) is 0 Å². The van der Waals surface area contributed by atoms with Gasteiger partial charge in [0, 0.05) is 37.7 Å². The monoisotopic (exact) mass is 526 g/mol. The molecular weight excluding hydrogens is 497 g/mol. The van der Waals surface area contributed by atoms with E-state index in [1.807, 2.05) is 13.8 Å². The van der Waals surface area contributed by atoms with Crippen molar-refractivity contribution in [2.45, 2.75) is 57.3 Å². The molecule has 2 amide bonds. The number of piperidine rings is 2. The Balaban J connectivity index is 1.36. The van der Waals surface area contributed by atoms with Crippen LogP contribution in [0.4, 0.5) is 13.2 Å². The van der Waals surface area contributed by atoms with Gasteiger partial charge in [-0.05, 0) is 54.3 Å². The zero-order chi connectivity index (χ0) is 27.3. The predicted molar refractivity (Wildman–Crippen MR) is 134 cm³/mol. The summed E-state index contributed by atoms with van der Waals surface area (Å²) in [4.78, 5) is 35.2. The number of alkyl halides is 3. The highest BCUT2D eigenvalue weighted by Crippen LogP contribution is 2.46. The van der Waals surface area contributed by atoms with E-state index in [0.29, 0.717) is 54.8 Å². The highest BCUT2D eigenvalue weighted by atomic mass is 19.4. The van der Waals surface area contributed by atoms with Crippen LogP contribution >= 0.6 is 0 Å². The topological polar surface area (TPSA) is 95.4 Å². The second-order valence-corrected chi connectivity index (χ2v) is 10.9. The summed E-state index contributed by atoms with van der Waals surface area (Å²) in [6.45, 7) is 5.43. The van der Waals surface area contributed by atoms with Gasteiger partial charge in [-0.2, -0.15) is 13.2 Å². The van der Waals surface area contributed by atoms with Gasteiger partial charge in [0.1, 0.15) is 5.60 Å². The molecule has 5 rings (SSSR count). The minimum Gasteiger partial charge on any atom is -0.383 e. The van der Waals surface area contributed by atoms with Gasteiger partial charge in [-0.1, -0.05) is 26.0 Å². The Hall–Kier alpha value is -3.37. The zero-order valence-corrected chi connectivity index (χ0v) is 21.2. The van der Waals surface area contributed by atoms with E-state index >= 15 is 0 Å². The minimum absolute atomic E-state index is 0.263. The van der Waals surface area contributed by atoms with E-state index in [4.69, 9.17) is 4.98 Å². The van der Waals surface area contributed by atoms with Crippen LogP contribution in [0.2, 0.25) is 0 Å². The molecule has 0 aliphatic carbocycles. The third-order valence-electron chi connectivity index (χ3n) is 7.84. The van der Waals surface area contributed by atoms with Crippen LogP contribution in [0.25, 0.3) is 11.0 Å². The van der Waals surface area contributed by atoms with Crippen molar-refractivity contribution in [1.82, 2.24) is 20.2 Å². The molecule has 2 atom stereocenters. The molecule has 2 aliphatic rings. The van der Waals surface area contributed by atoms with Crippen LogP contribution in [0.15, 0.2) is 48.7 Å². The molecular formula is C28H29F3N4O3. The molecule has 0 saturated carbocycles. The number of aliphatic hydroxyl groups is 1. The number of hydrogen-bond acceptors (Lipinski definition) is 6. The fourth-order valence-electron chi connectivity index (χ4n) is 5.55. The Bertz CT molecular complexity index is 1390. The van der Waals surface area contributed by atoms with Crippen molar-refractivity contribution in [2.24, 2.45) is 5.41 Å². The first-order valence-corrected chi connectivity index (χ1v) is 12.6. The number of rotatable bonds is 4. The summed E-state index contributed by atoms with van der Waals surface area (Å²) in [5, 5.41) is 14.3. The Morgan fingerprint density at radius 3 is 2.50 bits per heavy atom. The smallest absolute Gasteiger partial charge is 0.383 e. The first-order valence-electron chi connectivity index (χ1n) is 12.6. The van der Waals surface area contributed by atoms with Gasteiger partial charge in [-0.15, -0.1) is 0 Å². The lowest BCUT2D eigenvalue weighted by Gasteiger charge is -2.50. The number of likely N-dealkylation sites (tertiary alicyclic amines) is 1. The number of imide groups is 1. The van der Waals surface area contributed by atoms with Crippen molar-refractivity contribution in [3.05, 3.63) is 71.0 Å². The van der Waals surface area contributed by atoms with Gasteiger partial charge in [0.2, 0.25) is 11.8 Å². The van der Waals surface area contributed by atoms with E-state index < -0.39 is 28.7 Å². The van der Waals surface area contributed by atoms with Crippen LogP contribution in [0.1, 0.15) is 61.4 Å². The number of benzene rings is 1. The molecule has 2 aromatic heterocycles. The number of aromatic nitrogens is 2. The molecule has 38 heavy (non-hydrogen) atoms. The molecule has 2 N–H and O–H groups in total.